The summed E-state index contributed by atoms with van der Waals surface area (Å²) in [7, 11) is -4.25. The number of anilines is 1. The first-order valence-electron chi connectivity index (χ1n) is 15.0. The zero-order valence-electron chi connectivity index (χ0n) is 26.7. The highest BCUT2D eigenvalue weighted by Crippen LogP contribution is 2.29. The highest BCUT2D eigenvalue weighted by Gasteiger charge is 2.24. The number of halogens is 3. The standard InChI is InChI=1S/C32H36ClF2N3O10S/c1-3-38(20(2)31(41)21-13-22(34)15-23(35)14-21)19-48-30(40)9-4-8-29(39)46-11-6-12-47-32(42)25-16-28(49(36,43)44)26(33)17-27(25)37-18-24-7-5-10-45-24/h5,7,10,13-17,20,37H,3-4,6,8-9,11-12,18-19H2,1-2H3,(H2,36,43,44). The van der Waals surface area contributed by atoms with Crippen molar-refractivity contribution < 1.29 is 55.0 Å². The molecule has 49 heavy (non-hydrogen) atoms. The van der Waals surface area contributed by atoms with E-state index in [9.17, 15) is 36.4 Å². The number of hydrogen-bond acceptors (Lipinski definition) is 12. The fourth-order valence-electron chi connectivity index (χ4n) is 4.43. The van der Waals surface area contributed by atoms with E-state index >= 15 is 0 Å². The molecule has 0 radical (unpaired) electrons. The molecule has 266 valence electrons. The fraction of sp³-hybridized carbons (Fsp3) is 0.375. The van der Waals surface area contributed by atoms with E-state index in [0.29, 0.717) is 18.4 Å². The summed E-state index contributed by atoms with van der Waals surface area (Å²) in [5, 5.41) is 7.96. The van der Waals surface area contributed by atoms with Crippen LogP contribution in [0.4, 0.5) is 14.5 Å². The van der Waals surface area contributed by atoms with Gasteiger partial charge in [-0.3, -0.25) is 19.3 Å². The fourth-order valence-corrected chi connectivity index (χ4v) is 5.53. The molecule has 13 nitrogen and oxygen atoms in total. The summed E-state index contributed by atoms with van der Waals surface area (Å²) < 4.78 is 71.7. The molecule has 0 fully saturated rings. The maximum absolute atomic E-state index is 13.5. The number of carbonyl (C=O) groups excluding carboxylic acids is 4. The van der Waals surface area contributed by atoms with Crippen molar-refractivity contribution in [1.82, 2.24) is 4.90 Å². The maximum Gasteiger partial charge on any atom is 0.340 e. The third kappa shape index (κ3) is 12.2. The Labute approximate surface area is 286 Å². The van der Waals surface area contributed by atoms with Gasteiger partial charge in [0, 0.05) is 30.9 Å². The number of nitrogens with zero attached hydrogens (tertiary/aromatic N) is 1. The van der Waals surface area contributed by atoms with Crippen LogP contribution in [0.3, 0.4) is 0 Å². The van der Waals surface area contributed by atoms with E-state index in [1.54, 1.807) is 19.1 Å². The molecule has 1 heterocycles. The highest BCUT2D eigenvalue weighted by atomic mass is 35.5. The van der Waals surface area contributed by atoms with Gasteiger partial charge in [-0.15, -0.1) is 0 Å². The van der Waals surface area contributed by atoms with Crippen LogP contribution in [-0.2, 0) is 40.4 Å². The molecule has 1 aromatic heterocycles. The van der Waals surface area contributed by atoms with Crippen LogP contribution < -0.4 is 10.5 Å². The topological polar surface area (TPSA) is 185 Å². The number of nitrogens with one attached hydrogen (secondary N) is 1. The van der Waals surface area contributed by atoms with Gasteiger partial charge < -0.3 is 23.9 Å². The molecule has 0 bridgehead atoms. The van der Waals surface area contributed by atoms with Crippen molar-refractivity contribution in [3.05, 3.63) is 82.3 Å². The first-order valence-corrected chi connectivity index (χ1v) is 17.0. The number of rotatable bonds is 19. The van der Waals surface area contributed by atoms with E-state index in [0.717, 1.165) is 18.2 Å². The summed E-state index contributed by atoms with van der Waals surface area (Å²) in [5.41, 5.74) is -0.112. The highest BCUT2D eigenvalue weighted by molar-refractivity contribution is 7.89. The minimum Gasteiger partial charge on any atom is -0.467 e. The summed E-state index contributed by atoms with van der Waals surface area (Å²) in [5.74, 6) is -3.87. The van der Waals surface area contributed by atoms with Crippen molar-refractivity contribution in [3.63, 3.8) is 0 Å². The van der Waals surface area contributed by atoms with Crippen molar-refractivity contribution in [2.45, 2.75) is 57.0 Å². The van der Waals surface area contributed by atoms with Crippen LogP contribution in [0.5, 0.6) is 0 Å². The first kappa shape index (κ1) is 39.1. The lowest BCUT2D eigenvalue weighted by Gasteiger charge is -2.26. The van der Waals surface area contributed by atoms with Crippen LogP contribution in [-0.4, -0.2) is 69.5 Å². The molecule has 17 heteroatoms. The zero-order valence-corrected chi connectivity index (χ0v) is 28.3. The number of nitrogens with two attached hydrogens (primary N) is 1. The average Bonchev–Trinajstić information content (AvgIpc) is 3.56. The Hall–Kier alpha value is -4.38. The maximum atomic E-state index is 13.5. The normalized spacial score (nSPS) is 12.0. The molecule has 1 unspecified atom stereocenters. The predicted molar refractivity (Wildman–Crippen MR) is 172 cm³/mol. The predicted octanol–water partition coefficient (Wildman–Crippen LogP) is 4.83. The summed E-state index contributed by atoms with van der Waals surface area (Å²) in [6.07, 6.45) is 1.49. The molecule has 3 aromatic rings. The summed E-state index contributed by atoms with van der Waals surface area (Å²) in [6, 6.07) is 7.30. The quantitative estimate of drug-likeness (QED) is 0.0565. The molecule has 0 saturated heterocycles. The molecule has 0 spiro atoms. The number of esters is 3. The van der Waals surface area contributed by atoms with E-state index in [1.165, 1.54) is 24.2 Å². The molecule has 0 aliphatic rings. The van der Waals surface area contributed by atoms with Gasteiger partial charge in [0.15, 0.2) is 5.78 Å². The molecular weight excluding hydrogens is 692 g/mol. The summed E-state index contributed by atoms with van der Waals surface area (Å²) >= 11 is 6.08. The van der Waals surface area contributed by atoms with Crippen LogP contribution in [0.25, 0.3) is 0 Å². The van der Waals surface area contributed by atoms with Gasteiger partial charge in [-0.2, -0.15) is 0 Å². The van der Waals surface area contributed by atoms with Gasteiger partial charge in [0.25, 0.3) is 0 Å². The molecule has 0 saturated carbocycles. The SMILES string of the molecule is CCN(COC(=O)CCCC(=O)OCCCOC(=O)c1cc(S(N)(=O)=O)c(Cl)cc1NCc1ccco1)C(C)C(=O)c1cc(F)cc(F)c1. The number of ether oxygens (including phenoxy) is 3. The van der Waals surface area contributed by atoms with Crippen LogP contribution in [0, 0.1) is 11.6 Å². The van der Waals surface area contributed by atoms with E-state index < -0.39 is 56.3 Å². The second kappa shape index (κ2) is 18.4. The second-order valence-corrected chi connectivity index (χ2v) is 12.6. The van der Waals surface area contributed by atoms with Gasteiger partial charge in [-0.05, 0) is 56.3 Å². The minimum absolute atomic E-state index is 0.0990. The van der Waals surface area contributed by atoms with E-state index in [1.807, 2.05) is 0 Å². The number of likely N-dealkylation sites (N-methyl/N-ethyl adjacent to an activating group) is 1. The van der Waals surface area contributed by atoms with Crippen LogP contribution in [0.15, 0.2) is 58.0 Å². The molecule has 0 aliphatic heterocycles. The van der Waals surface area contributed by atoms with Gasteiger partial charge in [-0.25, -0.2) is 27.1 Å². The van der Waals surface area contributed by atoms with Gasteiger partial charge in [0.1, 0.15) is 29.0 Å². The Balaban J connectivity index is 1.38. The van der Waals surface area contributed by atoms with E-state index in [-0.39, 0.29) is 74.0 Å². The molecule has 0 amide bonds. The molecule has 3 rings (SSSR count). The first-order chi connectivity index (χ1) is 23.2. The van der Waals surface area contributed by atoms with E-state index in [4.69, 9.17) is 35.4 Å². The lowest BCUT2D eigenvalue weighted by atomic mass is 10.0. The van der Waals surface area contributed by atoms with Crippen LogP contribution >= 0.6 is 11.6 Å². The smallest absolute Gasteiger partial charge is 0.340 e. The number of ketones is 1. The largest absolute Gasteiger partial charge is 0.467 e. The third-order valence-electron chi connectivity index (χ3n) is 7.05. The van der Waals surface area contributed by atoms with Gasteiger partial charge >= 0.3 is 17.9 Å². The van der Waals surface area contributed by atoms with Gasteiger partial charge in [-0.1, -0.05) is 18.5 Å². The summed E-state index contributed by atoms with van der Waals surface area (Å²) in [6.45, 7) is 3.19. The third-order valence-corrected chi connectivity index (χ3v) is 8.43. The zero-order chi connectivity index (χ0) is 36.1. The lowest BCUT2D eigenvalue weighted by molar-refractivity contribution is -0.149. The van der Waals surface area contributed by atoms with Crippen LogP contribution in [0.2, 0.25) is 5.02 Å². The number of carbonyl (C=O) groups is 4. The Morgan fingerprint density at radius 2 is 1.63 bits per heavy atom. The lowest BCUT2D eigenvalue weighted by Crippen LogP contribution is -2.41. The second-order valence-electron chi connectivity index (χ2n) is 10.6. The number of sulfonamides is 1. The molecule has 1 atom stereocenters. The number of primary sulfonamides is 1. The van der Waals surface area contributed by atoms with Gasteiger partial charge in [0.05, 0.1) is 48.3 Å². The Morgan fingerprint density at radius 1 is 0.980 bits per heavy atom. The molecule has 2 aromatic carbocycles. The van der Waals surface area contributed by atoms with Crippen molar-refractivity contribution in [1.29, 1.82) is 0 Å². The van der Waals surface area contributed by atoms with Crippen molar-refractivity contribution in [2.75, 3.05) is 31.8 Å². The Kier molecular flexibility index (Phi) is 14.7. The van der Waals surface area contributed by atoms with Crippen molar-refractivity contribution >= 4 is 51.0 Å². The molecule has 0 aliphatic carbocycles. The number of benzene rings is 2. The molecular formula is C32H36ClF2N3O10S. The molecule has 3 N–H and O–H groups in total. The van der Waals surface area contributed by atoms with Crippen molar-refractivity contribution in [3.8, 4) is 0 Å². The Bertz CT molecular complexity index is 1720. The average molecular weight is 728 g/mol. The van der Waals surface area contributed by atoms with Crippen molar-refractivity contribution in [2.24, 2.45) is 5.14 Å². The minimum atomic E-state index is -4.25. The monoisotopic (exact) mass is 727 g/mol. The summed E-state index contributed by atoms with van der Waals surface area (Å²) in [4.78, 5) is 50.9. The number of Topliss-reactive ketones (excluding diaryl/α,β-unsaturated/α-hetero) is 1. The van der Waals surface area contributed by atoms with Gasteiger partial charge in [0.2, 0.25) is 10.0 Å². The number of hydrogen-bond donors (Lipinski definition) is 2. The van der Waals surface area contributed by atoms with Crippen LogP contribution in [0.1, 0.15) is 66.0 Å². The Morgan fingerprint density at radius 3 is 2.24 bits per heavy atom. The van der Waals surface area contributed by atoms with E-state index in [2.05, 4.69) is 5.32 Å². The number of furan rings is 1.